The van der Waals surface area contributed by atoms with E-state index in [1.165, 1.54) is 25.7 Å². The summed E-state index contributed by atoms with van der Waals surface area (Å²) in [5.74, 6) is 0.696. The van der Waals surface area contributed by atoms with Crippen LogP contribution in [-0.4, -0.2) is 18.6 Å². The summed E-state index contributed by atoms with van der Waals surface area (Å²) in [5.41, 5.74) is 4.06. The normalized spacial score (nSPS) is 27.3. The molecular weight excluding hydrogens is 178 g/mol. The fourth-order valence-electron chi connectivity index (χ4n) is 2.08. The van der Waals surface area contributed by atoms with Gasteiger partial charge in [-0.05, 0) is 44.9 Å². The Bertz CT molecular complexity index is 174. The van der Waals surface area contributed by atoms with E-state index in [-0.39, 0.29) is 5.97 Å². The van der Waals surface area contributed by atoms with Gasteiger partial charge < -0.3 is 10.5 Å². The van der Waals surface area contributed by atoms with Gasteiger partial charge in [-0.25, -0.2) is 0 Å². The van der Waals surface area contributed by atoms with Crippen molar-refractivity contribution < 1.29 is 15.3 Å². The van der Waals surface area contributed by atoms with Crippen LogP contribution in [0.3, 0.4) is 0 Å². The molecule has 0 bridgehead atoms. The van der Waals surface area contributed by atoms with E-state index in [0.29, 0.717) is 19.1 Å². The molecule has 1 aliphatic carbocycles. The third-order valence-corrected chi connectivity index (χ3v) is 3.03. The number of carbonyl (C=O) groups excluding carboxylic acids is 1. The van der Waals surface area contributed by atoms with E-state index in [2.05, 4.69) is 5.73 Å². The molecule has 0 atom stereocenters. The molecule has 1 rings (SSSR count). The first-order chi connectivity index (χ1) is 6.72. The van der Waals surface area contributed by atoms with Crippen molar-refractivity contribution in [2.45, 2.75) is 51.5 Å². The van der Waals surface area contributed by atoms with Crippen molar-refractivity contribution >= 4 is 5.97 Å². The van der Waals surface area contributed by atoms with E-state index >= 15 is 0 Å². The Labute approximate surface area is 86.0 Å². The lowest BCUT2D eigenvalue weighted by molar-refractivity contribution is -0.426. The monoisotopic (exact) mass is 200 g/mol. The van der Waals surface area contributed by atoms with Crippen molar-refractivity contribution in [3.8, 4) is 0 Å². The molecule has 0 amide bonds. The largest absolute Gasteiger partial charge is 0.466 e. The highest BCUT2D eigenvalue weighted by atomic mass is 16.5. The molecule has 0 aliphatic heterocycles. The first-order valence-corrected chi connectivity index (χ1v) is 5.71. The van der Waals surface area contributed by atoms with Crippen molar-refractivity contribution in [3.05, 3.63) is 0 Å². The van der Waals surface area contributed by atoms with Gasteiger partial charge in [-0.1, -0.05) is 0 Å². The van der Waals surface area contributed by atoms with E-state index in [1.54, 1.807) is 0 Å². The minimum atomic E-state index is -0.0377. The minimum Gasteiger partial charge on any atom is -0.466 e. The second-order valence-corrected chi connectivity index (χ2v) is 4.23. The topological polar surface area (TPSA) is 53.9 Å². The van der Waals surface area contributed by atoms with Gasteiger partial charge in [-0.2, -0.15) is 0 Å². The lowest BCUT2D eigenvalue weighted by Crippen LogP contribution is -2.61. The Kier molecular flexibility index (Phi) is 4.94. The Morgan fingerprint density at radius 1 is 1.36 bits per heavy atom. The highest BCUT2D eigenvalue weighted by Gasteiger charge is 2.21. The summed E-state index contributed by atoms with van der Waals surface area (Å²) < 4.78 is 4.90. The summed E-state index contributed by atoms with van der Waals surface area (Å²) in [6.07, 6.45) is 6.55. The second kappa shape index (κ2) is 6.02. The lowest BCUT2D eigenvalue weighted by Gasteiger charge is -2.23. The number of rotatable bonds is 4. The molecule has 0 aromatic heterocycles. The van der Waals surface area contributed by atoms with Gasteiger partial charge >= 0.3 is 5.97 Å². The van der Waals surface area contributed by atoms with Gasteiger partial charge in [0.05, 0.1) is 12.6 Å². The molecule has 1 aliphatic rings. The van der Waals surface area contributed by atoms with Crippen LogP contribution in [-0.2, 0) is 9.53 Å². The van der Waals surface area contributed by atoms with Gasteiger partial charge in [0.25, 0.3) is 0 Å². The molecule has 0 saturated heterocycles. The molecule has 0 heterocycles. The van der Waals surface area contributed by atoms with Crippen LogP contribution in [0.25, 0.3) is 0 Å². The zero-order chi connectivity index (χ0) is 10.4. The molecule has 0 aromatic carbocycles. The Morgan fingerprint density at radius 3 is 2.57 bits per heavy atom. The predicted octanol–water partition coefficient (Wildman–Crippen LogP) is 1.13. The lowest BCUT2D eigenvalue weighted by atomic mass is 9.84. The SMILES string of the molecule is CCOC(=O)CCC1CCC([NH3+])CC1. The first kappa shape index (κ1) is 11.5. The Hall–Kier alpha value is -0.570. The van der Waals surface area contributed by atoms with Crippen molar-refractivity contribution in [2.24, 2.45) is 5.92 Å². The van der Waals surface area contributed by atoms with Crippen LogP contribution in [0, 0.1) is 5.92 Å². The summed E-state index contributed by atoms with van der Waals surface area (Å²) in [6.45, 7) is 2.36. The first-order valence-electron chi connectivity index (χ1n) is 5.71. The van der Waals surface area contributed by atoms with Crippen LogP contribution in [0.4, 0.5) is 0 Å². The van der Waals surface area contributed by atoms with Gasteiger partial charge in [0, 0.05) is 6.42 Å². The van der Waals surface area contributed by atoms with Crippen LogP contribution in [0.1, 0.15) is 45.4 Å². The molecule has 0 spiro atoms. The van der Waals surface area contributed by atoms with E-state index < -0.39 is 0 Å². The summed E-state index contributed by atoms with van der Waals surface area (Å²) in [5, 5.41) is 0. The molecule has 3 N–H and O–H groups in total. The molecule has 0 unspecified atom stereocenters. The molecular formula is C11H22NO2+. The van der Waals surface area contributed by atoms with Gasteiger partial charge in [0.2, 0.25) is 0 Å². The number of quaternary nitrogens is 1. The maximum absolute atomic E-state index is 11.1. The smallest absolute Gasteiger partial charge is 0.305 e. The number of ether oxygens (including phenoxy) is 1. The summed E-state index contributed by atoms with van der Waals surface area (Å²) >= 11 is 0. The van der Waals surface area contributed by atoms with Crippen LogP contribution < -0.4 is 5.73 Å². The molecule has 0 radical (unpaired) electrons. The van der Waals surface area contributed by atoms with Gasteiger partial charge in [-0.3, -0.25) is 4.79 Å². The predicted molar refractivity (Wildman–Crippen MR) is 54.5 cm³/mol. The zero-order valence-corrected chi connectivity index (χ0v) is 9.13. The standard InChI is InChI=1S/C11H21NO2/c1-2-14-11(13)8-5-9-3-6-10(12)7-4-9/h9-10H,2-8,12H2,1H3/p+1. The fourth-order valence-corrected chi connectivity index (χ4v) is 2.08. The average molecular weight is 200 g/mol. The van der Waals surface area contributed by atoms with Crippen molar-refractivity contribution in [2.75, 3.05) is 6.61 Å². The molecule has 82 valence electrons. The average Bonchev–Trinajstić information content (AvgIpc) is 2.17. The highest BCUT2D eigenvalue weighted by Crippen LogP contribution is 2.26. The molecule has 1 saturated carbocycles. The van der Waals surface area contributed by atoms with Gasteiger partial charge in [0.15, 0.2) is 0 Å². The van der Waals surface area contributed by atoms with E-state index in [4.69, 9.17) is 4.74 Å². The van der Waals surface area contributed by atoms with Gasteiger partial charge in [-0.15, -0.1) is 0 Å². The van der Waals surface area contributed by atoms with Crippen LogP contribution in [0.2, 0.25) is 0 Å². The number of esters is 1. The summed E-state index contributed by atoms with van der Waals surface area (Å²) in [4.78, 5) is 11.1. The number of hydrogen-bond acceptors (Lipinski definition) is 2. The highest BCUT2D eigenvalue weighted by molar-refractivity contribution is 5.69. The maximum atomic E-state index is 11.1. The van der Waals surface area contributed by atoms with Crippen LogP contribution >= 0.6 is 0 Å². The maximum Gasteiger partial charge on any atom is 0.305 e. The molecule has 3 heteroatoms. The van der Waals surface area contributed by atoms with Crippen molar-refractivity contribution in [1.82, 2.24) is 0 Å². The molecule has 14 heavy (non-hydrogen) atoms. The summed E-state index contributed by atoms with van der Waals surface area (Å²) in [6, 6.07) is 0.647. The zero-order valence-electron chi connectivity index (χ0n) is 9.13. The van der Waals surface area contributed by atoms with Crippen LogP contribution in [0.15, 0.2) is 0 Å². The molecule has 0 aromatic rings. The Balaban J connectivity index is 2.09. The third kappa shape index (κ3) is 4.09. The molecule has 3 nitrogen and oxygen atoms in total. The second-order valence-electron chi connectivity index (χ2n) is 4.23. The molecule has 1 fully saturated rings. The minimum absolute atomic E-state index is 0.0377. The van der Waals surface area contributed by atoms with Gasteiger partial charge in [0.1, 0.15) is 0 Å². The number of hydrogen-bond donors (Lipinski definition) is 1. The quantitative estimate of drug-likeness (QED) is 0.692. The summed E-state index contributed by atoms with van der Waals surface area (Å²) in [7, 11) is 0. The van der Waals surface area contributed by atoms with E-state index in [1.807, 2.05) is 6.92 Å². The fraction of sp³-hybridized carbons (Fsp3) is 0.909. The van der Waals surface area contributed by atoms with Crippen LogP contribution in [0.5, 0.6) is 0 Å². The van der Waals surface area contributed by atoms with E-state index in [9.17, 15) is 4.79 Å². The number of carbonyl (C=O) groups is 1. The van der Waals surface area contributed by atoms with Crippen molar-refractivity contribution in [1.29, 1.82) is 0 Å². The third-order valence-electron chi connectivity index (χ3n) is 3.03. The van der Waals surface area contributed by atoms with Crippen molar-refractivity contribution in [3.63, 3.8) is 0 Å². The Morgan fingerprint density at radius 2 is 2.00 bits per heavy atom. The van der Waals surface area contributed by atoms with E-state index in [0.717, 1.165) is 12.3 Å².